The van der Waals surface area contributed by atoms with E-state index in [2.05, 4.69) is 13.2 Å². The van der Waals surface area contributed by atoms with Crippen LogP contribution in [0.1, 0.15) is 132 Å². The van der Waals surface area contributed by atoms with E-state index in [1.54, 1.807) is 58.1 Å². The summed E-state index contributed by atoms with van der Waals surface area (Å²) in [6.45, 7) is 19.5. The molecule has 12 atom stereocenters. The molecule has 354 valence electrons. The molecular formula is C50H77NO12. The van der Waals surface area contributed by atoms with Crippen LogP contribution in [0.25, 0.3) is 0 Å². The largest absolute Gasteiger partial charge is 0.460 e. The maximum atomic E-state index is 14.2. The van der Waals surface area contributed by atoms with Crippen LogP contribution in [0.5, 0.6) is 0 Å². The number of carbonyl (C=O) groups excluding carboxylic acids is 5. The lowest BCUT2D eigenvalue weighted by Crippen LogP contribution is -2.61. The summed E-state index contributed by atoms with van der Waals surface area (Å²) in [5.74, 6) is -8.45. The fourth-order valence-corrected chi connectivity index (χ4v) is 9.12. The van der Waals surface area contributed by atoms with Gasteiger partial charge in [-0.05, 0) is 113 Å². The minimum atomic E-state index is -2.48. The third-order valence-corrected chi connectivity index (χ3v) is 13.6. The summed E-state index contributed by atoms with van der Waals surface area (Å²) in [7, 11) is 0. The summed E-state index contributed by atoms with van der Waals surface area (Å²) in [5.41, 5.74) is 0.888. The molecule has 13 nitrogen and oxygen atoms in total. The second-order valence-electron chi connectivity index (χ2n) is 18.9. The fraction of sp³-hybridized carbons (Fsp3) is 0.700. The van der Waals surface area contributed by atoms with Crippen LogP contribution in [-0.4, -0.2) is 115 Å². The van der Waals surface area contributed by atoms with E-state index in [0.717, 1.165) is 17.7 Å². The summed E-state index contributed by atoms with van der Waals surface area (Å²) in [4.78, 5) is 70.3. The standard InChI is InChI=1S/C50H77NO12/c1-10-12-13-16-31(4)41(53)28-39-23-18-36(9)50(61,63-39)47(58)48(59)51-24-15-14-17-40(51)49(60)62-43(33(6)27-37-19-21-38(52)22-20-37)29-42(54)32(5)26-35(8)45(56)46(57)44(55)34(7)25-30(3)11-2/h10-13,16,26,30,32-34,36-41,43,45-46,52-53,56-57,61H,1-2,14-15,17-25,27-29H2,3-9H3/b13-12+,31-16+,35-26+/t30-,32+,33+,34+,36+,37?,38?,39-,40-,41-,43-,45+,46-,50+/m0/s1. The molecule has 1 amide bonds. The smallest absolute Gasteiger partial charge is 0.329 e. The number of carbonyl (C=O) groups is 5. The van der Waals surface area contributed by atoms with Crippen molar-refractivity contribution in [3.05, 3.63) is 60.8 Å². The molecule has 2 aliphatic heterocycles. The van der Waals surface area contributed by atoms with Gasteiger partial charge in [-0.2, -0.15) is 0 Å². The first-order valence-corrected chi connectivity index (χ1v) is 23.2. The highest BCUT2D eigenvalue weighted by molar-refractivity contribution is 6.39. The summed E-state index contributed by atoms with van der Waals surface area (Å²) in [6.07, 6.45) is 9.75. The Morgan fingerprint density at radius 2 is 1.54 bits per heavy atom. The SMILES string of the molecule is C=C/C=C/C=C(\C)[C@@H](O)C[C@@H]1CC[C@@H](C)[C@](O)(C(=O)C(=O)N2CCCC[C@H]2C(=O)O[C@@H](CC(=O)[C@H](C)/C=C(\C)[C@@H](O)[C@@H](O)C(=O)[C@H](C)C[C@@H](C)C=C)[C@H](C)CC2CCC(O)CC2)O1. The van der Waals surface area contributed by atoms with Gasteiger partial charge in [0.25, 0.3) is 11.7 Å². The van der Waals surface area contributed by atoms with Gasteiger partial charge >= 0.3 is 5.97 Å². The number of aliphatic hydroxyl groups is 5. The van der Waals surface area contributed by atoms with Crippen LogP contribution in [-0.2, 0) is 33.4 Å². The van der Waals surface area contributed by atoms with Crippen LogP contribution in [0.4, 0.5) is 0 Å². The molecule has 5 N–H and O–H groups in total. The number of likely N-dealkylation sites (tertiary alicyclic amines) is 1. The molecule has 3 fully saturated rings. The zero-order chi connectivity index (χ0) is 47.2. The van der Waals surface area contributed by atoms with Crippen LogP contribution < -0.4 is 0 Å². The maximum Gasteiger partial charge on any atom is 0.329 e. The number of ether oxygens (including phenoxy) is 2. The zero-order valence-electron chi connectivity index (χ0n) is 38.8. The highest BCUT2D eigenvalue weighted by atomic mass is 16.6. The molecule has 1 aliphatic carbocycles. The third-order valence-electron chi connectivity index (χ3n) is 13.6. The second-order valence-corrected chi connectivity index (χ2v) is 18.9. The number of amides is 1. The Labute approximate surface area is 375 Å². The fourth-order valence-electron chi connectivity index (χ4n) is 9.12. The summed E-state index contributed by atoms with van der Waals surface area (Å²) in [5, 5.41) is 54.4. The molecule has 2 saturated heterocycles. The highest BCUT2D eigenvalue weighted by Crippen LogP contribution is 2.37. The van der Waals surface area contributed by atoms with Gasteiger partial charge in [-0.25, -0.2) is 4.79 Å². The van der Waals surface area contributed by atoms with Gasteiger partial charge in [0.1, 0.15) is 30.1 Å². The van der Waals surface area contributed by atoms with Crippen LogP contribution in [0.2, 0.25) is 0 Å². The Morgan fingerprint density at radius 3 is 2.17 bits per heavy atom. The first kappa shape index (κ1) is 53.7. The molecule has 0 bridgehead atoms. The van der Waals surface area contributed by atoms with E-state index in [1.165, 1.54) is 13.0 Å². The Bertz CT molecular complexity index is 1680. The molecule has 0 aromatic heterocycles. The Hall–Kier alpha value is -3.59. The van der Waals surface area contributed by atoms with E-state index in [4.69, 9.17) is 9.47 Å². The molecule has 1 saturated carbocycles. The van der Waals surface area contributed by atoms with Crippen molar-refractivity contribution in [3.63, 3.8) is 0 Å². The first-order chi connectivity index (χ1) is 29.6. The Balaban J connectivity index is 1.80. The minimum Gasteiger partial charge on any atom is -0.460 e. The molecule has 13 heteroatoms. The number of Topliss-reactive ketones (excluding diaryl/α,β-unsaturated/α-hetero) is 3. The number of hydrogen-bond acceptors (Lipinski definition) is 12. The van der Waals surface area contributed by atoms with Gasteiger partial charge in [-0.15, -0.1) is 6.58 Å². The van der Waals surface area contributed by atoms with E-state index in [0.29, 0.717) is 56.9 Å². The van der Waals surface area contributed by atoms with Crippen molar-refractivity contribution in [2.24, 2.45) is 35.5 Å². The lowest BCUT2D eigenvalue weighted by molar-refractivity contribution is -0.265. The van der Waals surface area contributed by atoms with Crippen LogP contribution >= 0.6 is 0 Å². The van der Waals surface area contributed by atoms with Crippen molar-refractivity contribution >= 4 is 29.2 Å². The number of rotatable bonds is 23. The molecular weight excluding hydrogens is 807 g/mol. The number of allylic oxidation sites excluding steroid dienone is 6. The number of ketones is 3. The number of piperidine rings is 1. The van der Waals surface area contributed by atoms with Gasteiger partial charge in [-0.3, -0.25) is 19.2 Å². The molecule has 0 spiro atoms. The molecule has 0 aromatic rings. The lowest BCUT2D eigenvalue weighted by Gasteiger charge is -2.42. The molecule has 2 heterocycles. The average Bonchev–Trinajstić information content (AvgIpc) is 3.26. The van der Waals surface area contributed by atoms with Gasteiger partial charge < -0.3 is 39.9 Å². The van der Waals surface area contributed by atoms with Gasteiger partial charge in [0, 0.05) is 37.1 Å². The van der Waals surface area contributed by atoms with Gasteiger partial charge in [0.15, 0.2) is 5.78 Å². The van der Waals surface area contributed by atoms with Crippen molar-refractivity contribution in [1.82, 2.24) is 4.90 Å². The van der Waals surface area contributed by atoms with Gasteiger partial charge in [-0.1, -0.05) is 77.7 Å². The molecule has 63 heavy (non-hydrogen) atoms. The van der Waals surface area contributed by atoms with Crippen molar-refractivity contribution in [3.8, 4) is 0 Å². The molecule has 0 aromatic carbocycles. The number of nitrogens with zero attached hydrogens (tertiary/aromatic N) is 1. The third kappa shape index (κ3) is 15.2. The van der Waals surface area contributed by atoms with Crippen LogP contribution in [0.15, 0.2) is 60.8 Å². The molecule has 3 rings (SSSR count). The average molecular weight is 884 g/mol. The Kier molecular flexibility index (Phi) is 21.5. The summed E-state index contributed by atoms with van der Waals surface area (Å²) in [6, 6.07) is -1.16. The highest BCUT2D eigenvalue weighted by Gasteiger charge is 2.53. The predicted octanol–water partition coefficient (Wildman–Crippen LogP) is 6.05. The quantitative estimate of drug-likeness (QED) is 0.0344. The molecule has 0 unspecified atom stereocenters. The van der Waals surface area contributed by atoms with Crippen molar-refractivity contribution in [2.45, 2.75) is 180 Å². The van der Waals surface area contributed by atoms with Crippen LogP contribution in [0, 0.1) is 35.5 Å². The Morgan fingerprint density at radius 1 is 0.873 bits per heavy atom. The number of esters is 1. The topological polar surface area (TPSA) is 208 Å². The molecule has 3 aliphatic rings. The normalized spacial score (nSPS) is 28.8. The molecule has 0 radical (unpaired) electrons. The van der Waals surface area contributed by atoms with Gasteiger partial charge in [0.2, 0.25) is 5.79 Å². The first-order valence-electron chi connectivity index (χ1n) is 23.2. The summed E-state index contributed by atoms with van der Waals surface area (Å²) < 4.78 is 12.1. The zero-order valence-corrected chi connectivity index (χ0v) is 38.8. The summed E-state index contributed by atoms with van der Waals surface area (Å²) >= 11 is 0. The monoisotopic (exact) mass is 884 g/mol. The van der Waals surface area contributed by atoms with E-state index in [9.17, 15) is 49.5 Å². The second kappa shape index (κ2) is 25.2. The van der Waals surface area contributed by atoms with Crippen molar-refractivity contribution in [1.29, 1.82) is 0 Å². The maximum absolute atomic E-state index is 14.2. The lowest BCUT2D eigenvalue weighted by atomic mass is 9.79. The van der Waals surface area contributed by atoms with E-state index < -0.39 is 83.5 Å². The van der Waals surface area contributed by atoms with Gasteiger partial charge in [0.05, 0.1) is 18.3 Å². The van der Waals surface area contributed by atoms with E-state index in [-0.39, 0.29) is 61.0 Å². The van der Waals surface area contributed by atoms with Crippen molar-refractivity contribution < 1.29 is 59.0 Å². The number of aliphatic hydroxyl groups excluding tert-OH is 4. The minimum absolute atomic E-state index is 0.0387. The van der Waals surface area contributed by atoms with E-state index >= 15 is 0 Å². The van der Waals surface area contributed by atoms with Crippen LogP contribution in [0.3, 0.4) is 0 Å². The number of hydrogen-bond donors (Lipinski definition) is 5. The van der Waals surface area contributed by atoms with Crippen molar-refractivity contribution in [2.75, 3.05) is 6.54 Å². The van der Waals surface area contributed by atoms with E-state index in [1.807, 2.05) is 13.8 Å². The predicted molar refractivity (Wildman–Crippen MR) is 241 cm³/mol.